The molecule has 11 nitrogen and oxygen atoms in total. The van der Waals surface area contributed by atoms with Crippen molar-refractivity contribution in [3.63, 3.8) is 0 Å². The molecule has 1 fully saturated rings. The van der Waals surface area contributed by atoms with Crippen molar-refractivity contribution < 1.29 is 27.4 Å². The van der Waals surface area contributed by atoms with Crippen LogP contribution in [0, 0.1) is 0 Å². The van der Waals surface area contributed by atoms with E-state index in [0.717, 1.165) is 36.9 Å². The summed E-state index contributed by atoms with van der Waals surface area (Å²) in [6, 6.07) is 8.76. The topological polar surface area (TPSA) is 124 Å². The lowest BCUT2D eigenvalue weighted by atomic mass is 10.1. The van der Waals surface area contributed by atoms with Crippen LogP contribution in [0.15, 0.2) is 65.6 Å². The van der Waals surface area contributed by atoms with E-state index in [1.54, 1.807) is 12.3 Å². The Kier molecular flexibility index (Phi) is 9.44. The Morgan fingerprint density at radius 1 is 1.13 bits per heavy atom. The Labute approximate surface area is 256 Å². The van der Waals surface area contributed by atoms with Gasteiger partial charge in [0, 0.05) is 67.9 Å². The second kappa shape index (κ2) is 13.4. The van der Waals surface area contributed by atoms with E-state index >= 15 is 0 Å². The summed E-state index contributed by atoms with van der Waals surface area (Å²) in [5.74, 6) is -0.163. The van der Waals surface area contributed by atoms with Crippen LogP contribution in [0.2, 0.25) is 0 Å². The smallest absolute Gasteiger partial charge is 0.416 e. The van der Waals surface area contributed by atoms with Crippen LogP contribution in [0.4, 0.5) is 24.8 Å². The van der Waals surface area contributed by atoms with Crippen molar-refractivity contribution in [3.8, 4) is 11.4 Å². The van der Waals surface area contributed by atoms with Gasteiger partial charge in [-0.1, -0.05) is 18.2 Å². The molecule has 0 saturated carbocycles. The molecule has 0 aliphatic carbocycles. The third-order valence-electron chi connectivity index (χ3n) is 7.15. The molecule has 4 aromatic rings. The molecule has 0 spiro atoms. The number of alkyl halides is 3. The molecule has 45 heavy (non-hydrogen) atoms. The minimum absolute atomic E-state index is 0.182. The molecule has 2 N–H and O–H groups in total. The second-order valence-corrected chi connectivity index (χ2v) is 10.6. The first-order valence-electron chi connectivity index (χ1n) is 14.2. The molecule has 0 bridgehead atoms. The Bertz CT molecular complexity index is 1790. The van der Waals surface area contributed by atoms with Crippen molar-refractivity contribution >= 4 is 28.6 Å². The van der Waals surface area contributed by atoms with Gasteiger partial charge in [-0.2, -0.15) is 23.1 Å². The van der Waals surface area contributed by atoms with Gasteiger partial charge in [-0.3, -0.25) is 14.3 Å². The van der Waals surface area contributed by atoms with Gasteiger partial charge in [0.15, 0.2) is 5.65 Å². The monoisotopic (exact) mass is 623 g/mol. The van der Waals surface area contributed by atoms with Gasteiger partial charge in [0.05, 0.1) is 37.0 Å². The van der Waals surface area contributed by atoms with Gasteiger partial charge in [0.2, 0.25) is 5.95 Å². The van der Waals surface area contributed by atoms with Gasteiger partial charge in [-0.25, -0.2) is 9.78 Å². The minimum atomic E-state index is -4.60. The Balaban J connectivity index is 1.56. The van der Waals surface area contributed by atoms with Gasteiger partial charge in [-0.15, -0.1) is 0 Å². The predicted molar refractivity (Wildman–Crippen MR) is 163 cm³/mol. The third kappa shape index (κ3) is 7.64. The molecule has 5 rings (SSSR count). The molecule has 14 heteroatoms. The maximum absolute atomic E-state index is 13.7. The number of ether oxygens (including phenoxy) is 2. The molecule has 0 atom stereocenters. The molecular weight excluding hydrogens is 591 g/mol. The average Bonchev–Trinajstić information content (AvgIpc) is 3.02. The predicted octanol–water partition coefficient (Wildman–Crippen LogP) is 4.32. The number of nitrogens with one attached hydrogen (secondary N) is 2. The maximum atomic E-state index is 13.7. The highest BCUT2D eigenvalue weighted by Crippen LogP contribution is 2.30. The SMILES string of the molecule is C=C(C)CNc1ncc2c(CCN3CCOCC3)n(-c3cc(NC(=O)c4cccc(C(F)(F)F)c4)cc(OC)c3)c(=O)nc2n1. The van der Waals surface area contributed by atoms with Crippen LogP contribution in [0.3, 0.4) is 0 Å². The quantitative estimate of drug-likeness (QED) is 0.249. The Morgan fingerprint density at radius 2 is 1.91 bits per heavy atom. The van der Waals surface area contributed by atoms with Crippen molar-refractivity contribution in [2.24, 2.45) is 0 Å². The van der Waals surface area contributed by atoms with Crippen molar-refractivity contribution in [1.29, 1.82) is 0 Å². The number of carbonyl (C=O) groups excluding carboxylic acids is 1. The fourth-order valence-corrected chi connectivity index (χ4v) is 4.90. The third-order valence-corrected chi connectivity index (χ3v) is 7.15. The highest BCUT2D eigenvalue weighted by atomic mass is 19.4. The molecule has 2 aromatic carbocycles. The number of hydrogen-bond acceptors (Lipinski definition) is 9. The van der Waals surface area contributed by atoms with Crippen LogP contribution in [0.5, 0.6) is 5.75 Å². The zero-order valence-corrected chi connectivity index (χ0v) is 24.8. The van der Waals surface area contributed by atoms with E-state index in [9.17, 15) is 22.8 Å². The summed E-state index contributed by atoms with van der Waals surface area (Å²) < 4.78 is 52.1. The van der Waals surface area contributed by atoms with Crippen molar-refractivity contribution in [1.82, 2.24) is 24.4 Å². The molecule has 1 aliphatic heterocycles. The number of amides is 1. The van der Waals surface area contributed by atoms with E-state index in [1.165, 1.54) is 29.9 Å². The fourth-order valence-electron chi connectivity index (χ4n) is 4.90. The minimum Gasteiger partial charge on any atom is -0.497 e. The van der Waals surface area contributed by atoms with Crippen molar-refractivity contribution in [2.45, 2.75) is 19.5 Å². The Hall–Kier alpha value is -4.82. The van der Waals surface area contributed by atoms with Gasteiger partial charge >= 0.3 is 11.9 Å². The normalized spacial score (nSPS) is 13.9. The van der Waals surface area contributed by atoms with E-state index < -0.39 is 23.3 Å². The van der Waals surface area contributed by atoms with E-state index in [1.807, 2.05) is 6.92 Å². The summed E-state index contributed by atoms with van der Waals surface area (Å²) in [5.41, 5.74) is 0.469. The summed E-state index contributed by atoms with van der Waals surface area (Å²) in [7, 11) is 1.42. The first kappa shape index (κ1) is 31.6. The van der Waals surface area contributed by atoms with Crippen LogP contribution in [-0.2, 0) is 17.3 Å². The van der Waals surface area contributed by atoms with Crippen LogP contribution in [0.25, 0.3) is 16.7 Å². The standard InChI is InChI=1S/C31H32F3N7O4/c1-19(2)17-35-29-36-18-25-26(7-8-40-9-11-45-12-10-40)41(30(43)39-27(25)38-29)23-14-22(15-24(16-23)44-3)37-28(42)20-5-4-6-21(13-20)31(32,33)34/h4-6,13-16,18H,1,7-12,17H2,2-3H3,(H,37,42)(H,35,38,39,43). The number of hydrogen-bond donors (Lipinski definition) is 2. The van der Waals surface area contributed by atoms with Gasteiger partial charge in [-0.05, 0) is 31.2 Å². The highest BCUT2D eigenvalue weighted by Gasteiger charge is 2.31. The molecule has 0 unspecified atom stereocenters. The summed E-state index contributed by atoms with van der Waals surface area (Å²) in [4.78, 5) is 42.0. The summed E-state index contributed by atoms with van der Waals surface area (Å²) in [5, 5.41) is 6.24. The molecule has 1 saturated heterocycles. The number of carbonyl (C=O) groups is 1. The average molecular weight is 624 g/mol. The van der Waals surface area contributed by atoms with Crippen LogP contribution < -0.4 is 21.1 Å². The largest absolute Gasteiger partial charge is 0.497 e. The van der Waals surface area contributed by atoms with Crippen LogP contribution in [-0.4, -0.2) is 76.8 Å². The number of morpholine rings is 1. The van der Waals surface area contributed by atoms with E-state index in [-0.39, 0.29) is 16.9 Å². The highest BCUT2D eigenvalue weighted by molar-refractivity contribution is 6.04. The lowest BCUT2D eigenvalue weighted by Crippen LogP contribution is -2.38. The number of nitrogens with zero attached hydrogens (tertiary/aromatic N) is 5. The van der Waals surface area contributed by atoms with Crippen LogP contribution in [0.1, 0.15) is 28.5 Å². The summed E-state index contributed by atoms with van der Waals surface area (Å²) in [6.07, 6.45) is -2.57. The zero-order valence-electron chi connectivity index (χ0n) is 24.8. The Morgan fingerprint density at radius 3 is 2.62 bits per heavy atom. The summed E-state index contributed by atoms with van der Waals surface area (Å²) >= 11 is 0. The summed E-state index contributed by atoms with van der Waals surface area (Å²) in [6.45, 7) is 9.48. The van der Waals surface area contributed by atoms with Gasteiger partial charge in [0.25, 0.3) is 5.91 Å². The number of fused-ring (bicyclic) bond motifs is 1. The number of halogens is 3. The van der Waals surface area contributed by atoms with E-state index in [0.29, 0.717) is 61.2 Å². The number of benzene rings is 2. The lowest BCUT2D eigenvalue weighted by Gasteiger charge is -2.27. The maximum Gasteiger partial charge on any atom is 0.416 e. The van der Waals surface area contributed by atoms with E-state index in [2.05, 4.69) is 37.1 Å². The molecule has 236 valence electrons. The van der Waals surface area contributed by atoms with Gasteiger partial charge < -0.3 is 20.1 Å². The molecule has 1 aliphatic rings. The van der Waals surface area contributed by atoms with Crippen molar-refractivity contribution in [2.75, 3.05) is 57.1 Å². The second-order valence-electron chi connectivity index (χ2n) is 10.6. The van der Waals surface area contributed by atoms with E-state index in [4.69, 9.17) is 9.47 Å². The lowest BCUT2D eigenvalue weighted by molar-refractivity contribution is -0.137. The molecule has 0 radical (unpaired) electrons. The molecule has 3 heterocycles. The van der Waals surface area contributed by atoms with Gasteiger partial charge in [0.1, 0.15) is 5.75 Å². The first-order valence-corrected chi connectivity index (χ1v) is 14.2. The zero-order chi connectivity index (χ0) is 32.1. The first-order chi connectivity index (χ1) is 21.5. The number of methoxy groups -OCH3 is 1. The molecular formula is C31H32F3N7O4. The number of aromatic nitrogens is 4. The van der Waals surface area contributed by atoms with Crippen LogP contribution >= 0.6 is 0 Å². The number of anilines is 2. The molecule has 2 aromatic heterocycles. The van der Waals surface area contributed by atoms with Crippen molar-refractivity contribution in [3.05, 3.63) is 88.1 Å². The molecule has 1 amide bonds. The fraction of sp³-hybridized carbons (Fsp3) is 0.323. The number of rotatable bonds is 10.